The number of nitro benzene ring substituents is 1. The van der Waals surface area contributed by atoms with Crippen LogP contribution in [0.25, 0.3) is 0 Å². The quantitative estimate of drug-likeness (QED) is 0.437. The molecule has 0 saturated heterocycles. The van der Waals surface area contributed by atoms with Crippen molar-refractivity contribution in [3.8, 4) is 5.75 Å². The number of hydrogen-bond acceptors (Lipinski definition) is 5. The van der Waals surface area contributed by atoms with Gasteiger partial charge in [-0.1, -0.05) is 37.3 Å². The van der Waals surface area contributed by atoms with Crippen LogP contribution in [0.5, 0.6) is 5.75 Å². The van der Waals surface area contributed by atoms with Gasteiger partial charge in [-0.25, -0.2) is 4.79 Å². The van der Waals surface area contributed by atoms with Crippen LogP contribution < -0.4 is 4.74 Å². The van der Waals surface area contributed by atoms with E-state index >= 15 is 0 Å². The minimum absolute atomic E-state index is 0.0350. The van der Waals surface area contributed by atoms with Gasteiger partial charge < -0.3 is 9.47 Å². The van der Waals surface area contributed by atoms with Crippen LogP contribution in [0.1, 0.15) is 25.8 Å². The fraction of sp³-hybridized carbons (Fsp3) is 0.278. The lowest BCUT2D eigenvalue weighted by atomic mass is 10.0. The maximum absolute atomic E-state index is 12.4. The van der Waals surface area contributed by atoms with Crippen LogP contribution in [-0.2, 0) is 16.1 Å². The number of carbonyl (C=O) groups excluding carboxylic acids is 1. The zero-order chi connectivity index (χ0) is 17.6. The molecule has 0 saturated carbocycles. The first kappa shape index (κ1) is 17.5. The van der Waals surface area contributed by atoms with Gasteiger partial charge in [0.05, 0.1) is 4.92 Å². The predicted octanol–water partition coefficient (Wildman–Crippen LogP) is 3.89. The summed E-state index contributed by atoms with van der Waals surface area (Å²) in [5, 5.41) is 10.7. The molecule has 2 rings (SSSR count). The highest BCUT2D eigenvalue weighted by Crippen LogP contribution is 2.25. The summed E-state index contributed by atoms with van der Waals surface area (Å²) in [6.45, 7) is 3.62. The molecule has 0 aliphatic carbocycles. The van der Waals surface area contributed by atoms with Gasteiger partial charge in [-0.2, -0.15) is 0 Å². The minimum Gasteiger partial charge on any atom is -0.476 e. The van der Waals surface area contributed by atoms with Gasteiger partial charge in [-0.05, 0) is 31.0 Å². The summed E-state index contributed by atoms with van der Waals surface area (Å²) in [6.07, 6.45) is 0.400. The first-order valence-electron chi connectivity index (χ1n) is 7.59. The zero-order valence-electron chi connectivity index (χ0n) is 13.6. The summed E-state index contributed by atoms with van der Waals surface area (Å²) >= 11 is 0. The van der Waals surface area contributed by atoms with Gasteiger partial charge in [0, 0.05) is 12.1 Å². The van der Waals surface area contributed by atoms with E-state index in [4.69, 9.17) is 9.47 Å². The van der Waals surface area contributed by atoms with Crippen molar-refractivity contribution >= 4 is 11.7 Å². The van der Waals surface area contributed by atoms with E-state index < -0.39 is 16.5 Å². The summed E-state index contributed by atoms with van der Waals surface area (Å²) in [6, 6.07) is 15.0. The Morgan fingerprint density at radius 2 is 1.75 bits per heavy atom. The summed E-state index contributed by atoms with van der Waals surface area (Å²) in [7, 11) is 0. The Kier molecular flexibility index (Phi) is 5.52. The summed E-state index contributed by atoms with van der Waals surface area (Å²) in [5.41, 5.74) is -0.308. The Labute approximate surface area is 140 Å². The molecule has 0 aliphatic heterocycles. The van der Waals surface area contributed by atoms with Gasteiger partial charge in [-0.3, -0.25) is 10.1 Å². The molecule has 6 nitrogen and oxygen atoms in total. The third-order valence-electron chi connectivity index (χ3n) is 3.71. The van der Waals surface area contributed by atoms with Crippen LogP contribution >= 0.6 is 0 Å². The van der Waals surface area contributed by atoms with Gasteiger partial charge in [-0.15, -0.1) is 0 Å². The molecule has 24 heavy (non-hydrogen) atoms. The molecule has 1 atom stereocenters. The maximum atomic E-state index is 12.4. The average molecular weight is 329 g/mol. The van der Waals surface area contributed by atoms with E-state index in [1.165, 1.54) is 24.3 Å². The number of rotatable bonds is 7. The van der Waals surface area contributed by atoms with Crippen molar-refractivity contribution in [1.29, 1.82) is 0 Å². The molecule has 0 spiro atoms. The van der Waals surface area contributed by atoms with Crippen molar-refractivity contribution in [1.82, 2.24) is 0 Å². The number of non-ortho nitro benzene ring substituents is 1. The number of hydrogen-bond donors (Lipinski definition) is 0. The lowest BCUT2D eigenvalue weighted by molar-refractivity contribution is -0.384. The fourth-order valence-electron chi connectivity index (χ4n) is 2.03. The topological polar surface area (TPSA) is 78.7 Å². The Morgan fingerprint density at radius 1 is 1.12 bits per heavy atom. The normalized spacial score (nSPS) is 12.9. The van der Waals surface area contributed by atoms with Crippen molar-refractivity contribution in [2.75, 3.05) is 0 Å². The lowest BCUT2D eigenvalue weighted by Gasteiger charge is -2.27. The molecule has 0 fully saturated rings. The molecule has 0 aromatic heterocycles. The Hall–Kier alpha value is -2.89. The third kappa shape index (κ3) is 4.32. The number of ether oxygens (including phenoxy) is 2. The Bertz CT molecular complexity index is 699. The summed E-state index contributed by atoms with van der Waals surface area (Å²) in [5.74, 6) is -0.103. The van der Waals surface area contributed by atoms with Crippen LogP contribution in [0, 0.1) is 10.1 Å². The molecule has 0 unspecified atom stereocenters. The molecule has 126 valence electrons. The number of nitrogens with zero attached hydrogens (tertiary/aromatic N) is 1. The summed E-state index contributed by atoms with van der Waals surface area (Å²) < 4.78 is 11.1. The fourth-order valence-corrected chi connectivity index (χ4v) is 2.03. The van der Waals surface area contributed by atoms with E-state index in [0.717, 1.165) is 5.56 Å². The van der Waals surface area contributed by atoms with Gasteiger partial charge >= 0.3 is 5.97 Å². The second-order valence-electron chi connectivity index (χ2n) is 5.50. The molecule has 0 aliphatic rings. The maximum Gasteiger partial charge on any atom is 0.350 e. The highest BCUT2D eigenvalue weighted by atomic mass is 16.6. The Balaban J connectivity index is 2.03. The van der Waals surface area contributed by atoms with Gasteiger partial charge in [0.15, 0.2) is 0 Å². The molecule has 6 heteroatoms. The third-order valence-corrected chi connectivity index (χ3v) is 3.71. The smallest absolute Gasteiger partial charge is 0.350 e. The van der Waals surface area contributed by atoms with Crippen LogP contribution in [0.3, 0.4) is 0 Å². The first-order chi connectivity index (χ1) is 11.4. The van der Waals surface area contributed by atoms with Gasteiger partial charge in [0.1, 0.15) is 12.4 Å². The number of nitro groups is 1. The van der Waals surface area contributed by atoms with Crippen molar-refractivity contribution in [2.24, 2.45) is 0 Å². The van der Waals surface area contributed by atoms with E-state index in [2.05, 4.69) is 0 Å². The summed E-state index contributed by atoms with van der Waals surface area (Å²) in [4.78, 5) is 22.6. The Morgan fingerprint density at radius 3 is 2.29 bits per heavy atom. The molecule has 0 N–H and O–H groups in total. The second kappa shape index (κ2) is 7.59. The van der Waals surface area contributed by atoms with Gasteiger partial charge in [0.25, 0.3) is 5.69 Å². The van der Waals surface area contributed by atoms with Crippen LogP contribution in [0.4, 0.5) is 5.69 Å². The molecular formula is C18H19NO5. The second-order valence-corrected chi connectivity index (χ2v) is 5.50. The molecule has 0 bridgehead atoms. The van der Waals surface area contributed by atoms with Crippen LogP contribution in [0.2, 0.25) is 0 Å². The van der Waals surface area contributed by atoms with Crippen molar-refractivity contribution < 1.29 is 19.2 Å². The zero-order valence-corrected chi connectivity index (χ0v) is 13.6. The van der Waals surface area contributed by atoms with E-state index in [9.17, 15) is 14.9 Å². The highest BCUT2D eigenvalue weighted by Gasteiger charge is 2.35. The standard InChI is InChI=1S/C18H19NO5/c1-3-18(2,17(20)23-13-14-7-5-4-6-8-14)24-16-11-9-15(10-12-16)19(21)22/h4-12H,3,13H2,1-2H3/t18-/m1/s1. The van der Waals surface area contributed by atoms with Crippen molar-refractivity contribution in [3.63, 3.8) is 0 Å². The molecule has 0 radical (unpaired) electrons. The predicted molar refractivity (Wildman–Crippen MR) is 88.7 cm³/mol. The van der Waals surface area contributed by atoms with Crippen molar-refractivity contribution in [3.05, 3.63) is 70.3 Å². The SMILES string of the molecule is CC[C@@](C)(Oc1ccc([N+](=O)[O-])cc1)C(=O)OCc1ccccc1. The van der Waals surface area contributed by atoms with E-state index in [1.807, 2.05) is 37.3 Å². The molecule has 0 amide bonds. The number of benzene rings is 2. The molecule has 2 aromatic rings. The monoisotopic (exact) mass is 329 g/mol. The van der Waals surface area contributed by atoms with Crippen LogP contribution in [0.15, 0.2) is 54.6 Å². The minimum atomic E-state index is -1.16. The largest absolute Gasteiger partial charge is 0.476 e. The van der Waals surface area contributed by atoms with E-state index in [-0.39, 0.29) is 12.3 Å². The van der Waals surface area contributed by atoms with Crippen molar-refractivity contribution in [2.45, 2.75) is 32.5 Å². The molecule has 2 aromatic carbocycles. The highest BCUT2D eigenvalue weighted by molar-refractivity contribution is 5.79. The van der Waals surface area contributed by atoms with Gasteiger partial charge in [0.2, 0.25) is 5.60 Å². The average Bonchev–Trinajstić information content (AvgIpc) is 2.60. The number of carbonyl (C=O) groups is 1. The molecule has 0 heterocycles. The van der Waals surface area contributed by atoms with E-state index in [1.54, 1.807) is 6.92 Å². The van der Waals surface area contributed by atoms with E-state index in [0.29, 0.717) is 12.2 Å². The lowest BCUT2D eigenvalue weighted by Crippen LogP contribution is -2.42. The van der Waals surface area contributed by atoms with Crippen LogP contribution in [-0.4, -0.2) is 16.5 Å². The number of esters is 1. The first-order valence-corrected chi connectivity index (χ1v) is 7.59. The molecular weight excluding hydrogens is 310 g/mol.